The Morgan fingerprint density at radius 1 is 1.30 bits per heavy atom. The van der Waals surface area contributed by atoms with Gasteiger partial charge in [0.05, 0.1) is 19.5 Å². The first-order valence-corrected chi connectivity index (χ1v) is 7.76. The first-order chi connectivity index (χ1) is 11.1. The zero-order valence-electron chi connectivity index (χ0n) is 13.5. The van der Waals surface area contributed by atoms with Gasteiger partial charge < -0.3 is 18.8 Å². The highest BCUT2D eigenvalue weighted by atomic mass is 35.5. The van der Waals surface area contributed by atoms with E-state index in [1.54, 1.807) is 32.0 Å². The number of alkyl halides is 1. The van der Waals surface area contributed by atoms with Crippen molar-refractivity contribution in [2.24, 2.45) is 0 Å². The molecule has 0 N–H and O–H groups in total. The van der Waals surface area contributed by atoms with Crippen LogP contribution in [-0.4, -0.2) is 38.1 Å². The van der Waals surface area contributed by atoms with Crippen molar-refractivity contribution < 1.29 is 18.7 Å². The van der Waals surface area contributed by atoms with Crippen molar-refractivity contribution in [1.29, 1.82) is 0 Å². The summed E-state index contributed by atoms with van der Waals surface area (Å²) >= 11 is 5.79. The predicted octanol–water partition coefficient (Wildman–Crippen LogP) is 3.49. The van der Waals surface area contributed by atoms with E-state index in [0.29, 0.717) is 36.3 Å². The third-order valence-electron chi connectivity index (χ3n) is 3.48. The molecule has 0 saturated heterocycles. The van der Waals surface area contributed by atoms with Crippen molar-refractivity contribution in [2.45, 2.75) is 12.8 Å². The standard InChI is InChI=1S/C17H20ClNO4/c1-12-13(11-18)10-16(23-12)17(20)19(2)8-9-22-15-7-5-4-6-14(15)21-3/h4-7,10H,8-9,11H2,1-3H3. The molecular weight excluding hydrogens is 318 g/mol. The first-order valence-electron chi connectivity index (χ1n) is 7.23. The van der Waals surface area contributed by atoms with E-state index >= 15 is 0 Å². The number of amides is 1. The zero-order valence-corrected chi connectivity index (χ0v) is 14.2. The third kappa shape index (κ3) is 4.20. The van der Waals surface area contributed by atoms with Gasteiger partial charge >= 0.3 is 0 Å². The van der Waals surface area contributed by atoms with Crippen LogP contribution in [0.3, 0.4) is 0 Å². The monoisotopic (exact) mass is 337 g/mol. The number of hydrogen-bond acceptors (Lipinski definition) is 4. The normalized spacial score (nSPS) is 10.4. The highest BCUT2D eigenvalue weighted by Gasteiger charge is 2.18. The Morgan fingerprint density at radius 3 is 2.61 bits per heavy atom. The molecule has 1 aromatic carbocycles. The summed E-state index contributed by atoms with van der Waals surface area (Å²) in [4.78, 5) is 13.8. The van der Waals surface area contributed by atoms with E-state index in [1.165, 1.54) is 0 Å². The molecule has 23 heavy (non-hydrogen) atoms. The SMILES string of the molecule is COc1ccccc1OCCN(C)C(=O)c1cc(CCl)c(C)o1. The van der Waals surface area contributed by atoms with Gasteiger partial charge in [-0.15, -0.1) is 11.6 Å². The molecule has 1 amide bonds. The summed E-state index contributed by atoms with van der Waals surface area (Å²) in [5.74, 6) is 2.39. The minimum absolute atomic E-state index is 0.201. The number of ether oxygens (including phenoxy) is 2. The number of benzene rings is 1. The molecule has 0 atom stereocenters. The molecule has 0 aliphatic heterocycles. The summed E-state index contributed by atoms with van der Waals surface area (Å²) < 4.78 is 16.3. The summed E-state index contributed by atoms with van der Waals surface area (Å²) in [5.41, 5.74) is 0.827. The van der Waals surface area contributed by atoms with Crippen LogP contribution >= 0.6 is 11.6 Å². The molecule has 0 radical (unpaired) electrons. The van der Waals surface area contributed by atoms with Crippen LogP contribution in [0.5, 0.6) is 11.5 Å². The lowest BCUT2D eigenvalue weighted by Gasteiger charge is -2.17. The highest BCUT2D eigenvalue weighted by Crippen LogP contribution is 2.25. The molecule has 0 bridgehead atoms. The second-order valence-electron chi connectivity index (χ2n) is 5.05. The number of likely N-dealkylation sites (N-methyl/N-ethyl adjacent to an activating group) is 1. The number of aryl methyl sites for hydroxylation is 1. The van der Waals surface area contributed by atoms with E-state index in [0.717, 1.165) is 5.56 Å². The highest BCUT2D eigenvalue weighted by molar-refractivity contribution is 6.17. The lowest BCUT2D eigenvalue weighted by Crippen LogP contribution is -2.30. The summed E-state index contributed by atoms with van der Waals surface area (Å²) in [7, 11) is 3.29. The fraction of sp³-hybridized carbons (Fsp3) is 0.353. The molecule has 5 nitrogen and oxygen atoms in total. The van der Waals surface area contributed by atoms with Gasteiger partial charge in [-0.2, -0.15) is 0 Å². The number of para-hydroxylation sites is 2. The lowest BCUT2D eigenvalue weighted by molar-refractivity contribution is 0.0740. The lowest BCUT2D eigenvalue weighted by atomic mass is 10.2. The fourth-order valence-electron chi connectivity index (χ4n) is 2.08. The zero-order chi connectivity index (χ0) is 16.8. The van der Waals surface area contributed by atoms with Crippen molar-refractivity contribution in [3.63, 3.8) is 0 Å². The number of rotatable bonds is 7. The average molecular weight is 338 g/mol. The van der Waals surface area contributed by atoms with Crippen LogP contribution in [0.25, 0.3) is 0 Å². The summed E-state index contributed by atoms with van der Waals surface area (Å²) in [5, 5.41) is 0. The second kappa shape index (κ2) is 7.92. The quantitative estimate of drug-likeness (QED) is 0.726. The molecular formula is C17H20ClNO4. The maximum atomic E-state index is 12.3. The van der Waals surface area contributed by atoms with Crippen LogP contribution in [0.15, 0.2) is 34.7 Å². The maximum Gasteiger partial charge on any atom is 0.289 e. The Kier molecular flexibility index (Phi) is 5.93. The van der Waals surface area contributed by atoms with Gasteiger partial charge in [-0.1, -0.05) is 12.1 Å². The molecule has 0 spiro atoms. The molecule has 1 aromatic heterocycles. The van der Waals surface area contributed by atoms with E-state index in [1.807, 2.05) is 24.3 Å². The number of nitrogens with zero attached hydrogens (tertiary/aromatic N) is 1. The van der Waals surface area contributed by atoms with E-state index in [-0.39, 0.29) is 11.7 Å². The molecule has 2 aromatic rings. The topological polar surface area (TPSA) is 51.9 Å². The molecule has 0 aliphatic carbocycles. The average Bonchev–Trinajstić information content (AvgIpc) is 2.95. The van der Waals surface area contributed by atoms with Gasteiger partial charge in [-0.05, 0) is 25.1 Å². The van der Waals surface area contributed by atoms with Crippen molar-refractivity contribution in [3.05, 3.63) is 47.4 Å². The summed E-state index contributed by atoms with van der Waals surface area (Å²) in [6.07, 6.45) is 0. The summed E-state index contributed by atoms with van der Waals surface area (Å²) in [6.45, 7) is 2.57. The van der Waals surface area contributed by atoms with Gasteiger partial charge in [0.2, 0.25) is 0 Å². The van der Waals surface area contributed by atoms with Crippen LogP contribution in [0, 0.1) is 6.92 Å². The Bertz CT molecular complexity index is 668. The Hall–Kier alpha value is -2.14. The van der Waals surface area contributed by atoms with Crippen LogP contribution < -0.4 is 9.47 Å². The number of hydrogen-bond donors (Lipinski definition) is 0. The van der Waals surface area contributed by atoms with E-state index in [2.05, 4.69) is 0 Å². The molecule has 124 valence electrons. The molecule has 1 heterocycles. The number of methoxy groups -OCH3 is 1. The van der Waals surface area contributed by atoms with Crippen molar-refractivity contribution in [1.82, 2.24) is 4.90 Å². The minimum Gasteiger partial charge on any atom is -0.493 e. The second-order valence-corrected chi connectivity index (χ2v) is 5.32. The van der Waals surface area contributed by atoms with Crippen molar-refractivity contribution in [3.8, 4) is 11.5 Å². The molecule has 6 heteroatoms. The molecule has 0 unspecified atom stereocenters. The Morgan fingerprint density at radius 2 is 2.00 bits per heavy atom. The fourth-order valence-corrected chi connectivity index (χ4v) is 2.34. The largest absolute Gasteiger partial charge is 0.493 e. The van der Waals surface area contributed by atoms with Gasteiger partial charge in [-0.3, -0.25) is 4.79 Å². The number of carbonyl (C=O) groups is 1. The van der Waals surface area contributed by atoms with Gasteiger partial charge in [0.25, 0.3) is 5.91 Å². The van der Waals surface area contributed by atoms with Crippen LogP contribution in [0.2, 0.25) is 0 Å². The Balaban J connectivity index is 1.91. The van der Waals surface area contributed by atoms with Crippen LogP contribution in [0.1, 0.15) is 21.9 Å². The van der Waals surface area contributed by atoms with Gasteiger partial charge in [0, 0.05) is 12.6 Å². The van der Waals surface area contributed by atoms with Crippen LogP contribution in [0.4, 0.5) is 0 Å². The smallest absolute Gasteiger partial charge is 0.289 e. The van der Waals surface area contributed by atoms with Gasteiger partial charge in [0.1, 0.15) is 12.4 Å². The molecule has 2 rings (SSSR count). The Labute approximate surface area is 140 Å². The predicted molar refractivity (Wildman–Crippen MR) is 88.5 cm³/mol. The van der Waals surface area contributed by atoms with E-state index < -0.39 is 0 Å². The number of furan rings is 1. The molecule has 0 saturated carbocycles. The van der Waals surface area contributed by atoms with Gasteiger partial charge in [-0.25, -0.2) is 0 Å². The maximum absolute atomic E-state index is 12.3. The van der Waals surface area contributed by atoms with Crippen molar-refractivity contribution in [2.75, 3.05) is 27.3 Å². The van der Waals surface area contributed by atoms with Gasteiger partial charge in [0.15, 0.2) is 17.3 Å². The minimum atomic E-state index is -0.201. The number of carbonyl (C=O) groups excluding carboxylic acids is 1. The van der Waals surface area contributed by atoms with Crippen molar-refractivity contribution >= 4 is 17.5 Å². The third-order valence-corrected chi connectivity index (χ3v) is 3.76. The number of halogens is 1. The molecule has 0 aliphatic rings. The molecule has 0 fully saturated rings. The van der Waals surface area contributed by atoms with Crippen LogP contribution in [-0.2, 0) is 5.88 Å². The van der Waals surface area contributed by atoms with E-state index in [9.17, 15) is 4.79 Å². The summed E-state index contributed by atoms with van der Waals surface area (Å²) in [6, 6.07) is 9.07. The first kappa shape index (κ1) is 17.2. The van der Waals surface area contributed by atoms with E-state index in [4.69, 9.17) is 25.5 Å².